The molecule has 0 saturated carbocycles. The molecule has 0 amide bonds. The molecule has 2 bridgehead atoms. The SMILES string of the molecule is Oc1cc(-c2ncc3c(N4CC5CCC(C4)N5)cc(OC[C@@]45CCCN4C[C@H](F)C5)nc3c2F)c2ccccc2c1. The number of phenolic OH excluding ortho intramolecular Hbond substituents is 1. The molecule has 9 heteroatoms. The van der Waals surface area contributed by atoms with Crippen molar-refractivity contribution in [3.63, 3.8) is 0 Å². The topological polar surface area (TPSA) is 73.8 Å². The Balaban J connectivity index is 1.24. The fourth-order valence-corrected chi connectivity index (χ4v) is 7.78. The lowest BCUT2D eigenvalue weighted by atomic mass is 9.95. The molecule has 2 aromatic heterocycles. The number of fused-ring (bicyclic) bond motifs is 5. The van der Waals surface area contributed by atoms with Crippen LogP contribution in [0.15, 0.2) is 48.7 Å². The van der Waals surface area contributed by atoms with Gasteiger partial charge in [0, 0.05) is 61.4 Å². The predicted molar refractivity (Wildman–Crippen MR) is 155 cm³/mol. The summed E-state index contributed by atoms with van der Waals surface area (Å²) in [5, 5.41) is 16.3. The van der Waals surface area contributed by atoms with E-state index in [1.165, 1.54) is 0 Å². The van der Waals surface area contributed by atoms with Crippen LogP contribution in [0.1, 0.15) is 32.1 Å². The molecule has 7 nitrogen and oxygen atoms in total. The Hall–Kier alpha value is -3.56. The zero-order chi connectivity index (χ0) is 27.7. The summed E-state index contributed by atoms with van der Waals surface area (Å²) in [5.41, 5.74) is 1.37. The molecule has 8 rings (SSSR count). The zero-order valence-electron chi connectivity index (χ0n) is 22.8. The van der Waals surface area contributed by atoms with Gasteiger partial charge in [-0.1, -0.05) is 24.3 Å². The largest absolute Gasteiger partial charge is 0.508 e. The Labute approximate surface area is 237 Å². The van der Waals surface area contributed by atoms with Gasteiger partial charge in [-0.25, -0.2) is 13.8 Å². The van der Waals surface area contributed by atoms with E-state index in [0.29, 0.717) is 48.5 Å². The maximum absolute atomic E-state index is 16.6. The highest BCUT2D eigenvalue weighted by Gasteiger charge is 2.49. The summed E-state index contributed by atoms with van der Waals surface area (Å²) in [7, 11) is 0. The fourth-order valence-electron chi connectivity index (χ4n) is 7.78. The molecular weight excluding hydrogens is 524 g/mol. The van der Waals surface area contributed by atoms with Crippen molar-refractivity contribution < 1.29 is 18.6 Å². The number of phenols is 1. The number of nitrogens with zero attached hydrogens (tertiary/aromatic N) is 4. The highest BCUT2D eigenvalue weighted by molar-refractivity contribution is 6.00. The molecule has 41 heavy (non-hydrogen) atoms. The number of anilines is 1. The van der Waals surface area contributed by atoms with Gasteiger partial charge in [0.25, 0.3) is 0 Å². The lowest BCUT2D eigenvalue weighted by molar-refractivity contribution is 0.111. The van der Waals surface area contributed by atoms with Crippen molar-refractivity contribution in [2.24, 2.45) is 0 Å². The first kappa shape index (κ1) is 25.2. The Morgan fingerprint density at radius 3 is 2.76 bits per heavy atom. The smallest absolute Gasteiger partial charge is 0.216 e. The number of nitrogens with one attached hydrogen (secondary N) is 1. The molecule has 0 radical (unpaired) electrons. The molecule has 0 spiro atoms. The third-order valence-electron chi connectivity index (χ3n) is 9.66. The number of halogens is 2. The molecular formula is C32H33F2N5O2. The third-order valence-corrected chi connectivity index (χ3v) is 9.66. The van der Waals surface area contributed by atoms with Crippen molar-refractivity contribution in [1.29, 1.82) is 0 Å². The molecule has 212 valence electrons. The van der Waals surface area contributed by atoms with Gasteiger partial charge >= 0.3 is 0 Å². The molecule has 4 atom stereocenters. The maximum atomic E-state index is 16.6. The van der Waals surface area contributed by atoms with Crippen LogP contribution >= 0.6 is 0 Å². The first-order valence-electron chi connectivity index (χ1n) is 14.7. The number of hydrogen-bond acceptors (Lipinski definition) is 7. The minimum atomic E-state index is -0.849. The van der Waals surface area contributed by atoms with Gasteiger partial charge in [-0.05, 0) is 55.1 Å². The average molecular weight is 558 g/mol. The van der Waals surface area contributed by atoms with Crippen molar-refractivity contribution >= 4 is 27.4 Å². The van der Waals surface area contributed by atoms with Crippen LogP contribution in [0.5, 0.6) is 11.6 Å². The molecule has 0 aliphatic carbocycles. The third kappa shape index (κ3) is 4.20. The second-order valence-corrected chi connectivity index (χ2v) is 12.3. The number of rotatable bonds is 5. The van der Waals surface area contributed by atoms with E-state index >= 15 is 4.39 Å². The van der Waals surface area contributed by atoms with E-state index in [0.717, 1.165) is 61.8 Å². The number of benzene rings is 2. The number of piperazine rings is 1. The Morgan fingerprint density at radius 1 is 1.07 bits per heavy atom. The van der Waals surface area contributed by atoms with E-state index in [4.69, 9.17) is 9.72 Å². The summed E-state index contributed by atoms with van der Waals surface area (Å²) in [6.45, 7) is 3.29. The summed E-state index contributed by atoms with van der Waals surface area (Å²) in [6, 6.07) is 13.5. The highest BCUT2D eigenvalue weighted by Crippen LogP contribution is 2.42. The van der Waals surface area contributed by atoms with Gasteiger partial charge in [-0.2, -0.15) is 0 Å². The Morgan fingerprint density at radius 2 is 1.90 bits per heavy atom. The predicted octanol–water partition coefficient (Wildman–Crippen LogP) is 5.19. The number of pyridine rings is 2. The normalized spacial score (nSPS) is 27.7. The monoisotopic (exact) mass is 557 g/mol. The molecule has 2 N–H and O–H groups in total. The van der Waals surface area contributed by atoms with Crippen LogP contribution in [0.25, 0.3) is 32.9 Å². The summed E-state index contributed by atoms with van der Waals surface area (Å²) < 4.78 is 37.3. The molecule has 4 saturated heterocycles. The van der Waals surface area contributed by atoms with E-state index in [9.17, 15) is 9.50 Å². The minimum Gasteiger partial charge on any atom is -0.508 e. The van der Waals surface area contributed by atoms with Crippen LogP contribution in [0.2, 0.25) is 0 Å². The van der Waals surface area contributed by atoms with Crippen molar-refractivity contribution in [2.75, 3.05) is 37.7 Å². The van der Waals surface area contributed by atoms with Crippen molar-refractivity contribution in [2.45, 2.75) is 55.9 Å². The van der Waals surface area contributed by atoms with Crippen LogP contribution < -0.4 is 15.0 Å². The van der Waals surface area contributed by atoms with E-state index in [1.807, 2.05) is 30.3 Å². The van der Waals surface area contributed by atoms with Crippen molar-refractivity contribution in [3.05, 3.63) is 54.5 Å². The van der Waals surface area contributed by atoms with E-state index < -0.39 is 12.0 Å². The molecule has 4 aliphatic rings. The Kier molecular flexibility index (Phi) is 5.83. The number of aromatic hydroxyl groups is 1. The molecule has 4 aliphatic heterocycles. The second kappa shape index (κ2) is 9.49. The lowest BCUT2D eigenvalue weighted by Gasteiger charge is -2.35. The van der Waals surface area contributed by atoms with E-state index in [1.54, 1.807) is 18.3 Å². The zero-order valence-corrected chi connectivity index (χ0v) is 22.8. The highest BCUT2D eigenvalue weighted by atomic mass is 19.1. The van der Waals surface area contributed by atoms with Crippen LogP contribution in [-0.4, -0.2) is 76.6 Å². The molecule has 2 aromatic carbocycles. The number of alkyl halides is 1. The van der Waals surface area contributed by atoms with Gasteiger partial charge in [0.05, 0.1) is 11.2 Å². The molecule has 2 unspecified atom stereocenters. The number of hydrogen-bond donors (Lipinski definition) is 2. The van der Waals surface area contributed by atoms with Gasteiger partial charge in [-0.15, -0.1) is 0 Å². The van der Waals surface area contributed by atoms with Crippen LogP contribution in [-0.2, 0) is 0 Å². The van der Waals surface area contributed by atoms with E-state index in [2.05, 4.69) is 20.1 Å². The fraction of sp³-hybridized carbons (Fsp3) is 0.438. The van der Waals surface area contributed by atoms with Gasteiger partial charge in [0.1, 0.15) is 29.7 Å². The van der Waals surface area contributed by atoms with E-state index in [-0.39, 0.29) is 22.5 Å². The van der Waals surface area contributed by atoms with Gasteiger partial charge in [0.15, 0.2) is 5.82 Å². The van der Waals surface area contributed by atoms with Crippen LogP contribution in [0.4, 0.5) is 14.5 Å². The lowest BCUT2D eigenvalue weighted by Crippen LogP contribution is -2.51. The quantitative estimate of drug-likeness (QED) is 0.350. The number of aromatic nitrogens is 2. The number of ether oxygens (including phenoxy) is 1. The standard InChI is InChI=1S/C32H33F2N5O2/c33-20-13-32(8-3-9-39(32)15-20)18-41-28-12-27(38-16-21-6-7-22(17-38)36-21)26-14-35-30(29(34)31(26)37-28)25-11-23(40)10-19-4-1-2-5-24(19)25/h1-2,4-5,10-12,14,20-22,36,40H,3,6-9,13,15-18H2/t20-,21?,22?,32+/m1/s1. The average Bonchev–Trinajstić information content (AvgIpc) is 3.61. The minimum absolute atomic E-state index is 0.0464. The van der Waals surface area contributed by atoms with Crippen LogP contribution in [0.3, 0.4) is 0 Å². The first-order valence-corrected chi connectivity index (χ1v) is 14.7. The Bertz CT molecular complexity index is 1650. The molecule has 4 fully saturated rings. The van der Waals surface area contributed by atoms with Crippen LogP contribution in [0, 0.1) is 5.82 Å². The van der Waals surface area contributed by atoms with Gasteiger partial charge in [-0.3, -0.25) is 9.88 Å². The molecule has 4 aromatic rings. The van der Waals surface area contributed by atoms with Gasteiger partial charge < -0.3 is 20.1 Å². The van der Waals surface area contributed by atoms with Crippen molar-refractivity contribution in [3.8, 4) is 22.9 Å². The second-order valence-electron chi connectivity index (χ2n) is 12.3. The van der Waals surface area contributed by atoms with Gasteiger partial charge in [0.2, 0.25) is 5.88 Å². The summed E-state index contributed by atoms with van der Waals surface area (Å²) in [4.78, 5) is 13.8. The first-order chi connectivity index (χ1) is 20.0. The summed E-state index contributed by atoms with van der Waals surface area (Å²) in [5.74, 6) is -0.155. The van der Waals surface area contributed by atoms with Crippen molar-refractivity contribution in [1.82, 2.24) is 20.2 Å². The molecule has 6 heterocycles. The summed E-state index contributed by atoms with van der Waals surface area (Å²) >= 11 is 0. The maximum Gasteiger partial charge on any atom is 0.216 e. The summed E-state index contributed by atoms with van der Waals surface area (Å²) in [6.07, 6.45) is 5.47.